The van der Waals surface area contributed by atoms with Crippen molar-refractivity contribution in [3.63, 3.8) is 0 Å². The highest BCUT2D eigenvalue weighted by Gasteiger charge is 2.31. The summed E-state index contributed by atoms with van der Waals surface area (Å²) in [5.74, 6) is 1.08. The molecule has 0 atom stereocenters. The molecule has 1 aliphatic carbocycles. The summed E-state index contributed by atoms with van der Waals surface area (Å²) in [6, 6.07) is 0.631. The normalized spacial score (nSPS) is 21.1. The highest BCUT2D eigenvalue weighted by Crippen LogP contribution is 2.27. The van der Waals surface area contributed by atoms with Gasteiger partial charge in [-0.1, -0.05) is 6.92 Å². The van der Waals surface area contributed by atoms with E-state index in [1.165, 1.54) is 12.8 Å². The molecule has 4 nitrogen and oxygen atoms in total. The standard InChI is InChI=1S/C15H28N2O2/c1-13-6-9-16(10-7-13)15(19)12-17(14-4-5-14)8-2-3-11-18/h13-14,18H,2-12H2,1H3. The predicted molar refractivity (Wildman–Crippen MR) is 75.9 cm³/mol. The smallest absolute Gasteiger partial charge is 0.236 e. The fourth-order valence-corrected chi connectivity index (χ4v) is 2.79. The lowest BCUT2D eigenvalue weighted by molar-refractivity contribution is -0.133. The van der Waals surface area contributed by atoms with Crippen molar-refractivity contribution in [3.05, 3.63) is 0 Å². The van der Waals surface area contributed by atoms with Gasteiger partial charge in [-0.05, 0) is 51.0 Å². The Morgan fingerprint density at radius 1 is 1.21 bits per heavy atom. The van der Waals surface area contributed by atoms with Crippen LogP contribution in [0.25, 0.3) is 0 Å². The van der Waals surface area contributed by atoms with Gasteiger partial charge in [-0.3, -0.25) is 9.69 Å². The van der Waals surface area contributed by atoms with Crippen molar-refractivity contribution < 1.29 is 9.90 Å². The third-order valence-electron chi connectivity index (χ3n) is 4.39. The van der Waals surface area contributed by atoms with E-state index in [9.17, 15) is 4.79 Å². The average Bonchev–Trinajstić information content (AvgIpc) is 3.23. The molecule has 110 valence electrons. The number of nitrogens with zero attached hydrogens (tertiary/aromatic N) is 2. The fourth-order valence-electron chi connectivity index (χ4n) is 2.79. The second-order valence-electron chi connectivity index (χ2n) is 6.20. The van der Waals surface area contributed by atoms with Crippen LogP contribution < -0.4 is 0 Å². The maximum Gasteiger partial charge on any atom is 0.236 e. The van der Waals surface area contributed by atoms with E-state index >= 15 is 0 Å². The molecule has 4 heteroatoms. The number of rotatable bonds is 7. The highest BCUT2D eigenvalue weighted by molar-refractivity contribution is 5.78. The minimum atomic E-state index is 0.260. The van der Waals surface area contributed by atoms with Crippen LogP contribution in [0.4, 0.5) is 0 Å². The summed E-state index contributed by atoms with van der Waals surface area (Å²) >= 11 is 0. The molecule has 0 aromatic heterocycles. The Morgan fingerprint density at radius 3 is 2.47 bits per heavy atom. The molecule has 0 spiro atoms. The molecule has 2 rings (SSSR count). The van der Waals surface area contributed by atoms with Gasteiger partial charge in [-0.25, -0.2) is 0 Å². The topological polar surface area (TPSA) is 43.8 Å². The summed E-state index contributed by atoms with van der Waals surface area (Å²) in [6.07, 6.45) is 6.63. The van der Waals surface area contributed by atoms with E-state index in [4.69, 9.17) is 5.11 Å². The number of hydrogen-bond acceptors (Lipinski definition) is 3. The van der Waals surface area contributed by atoms with Gasteiger partial charge in [0.2, 0.25) is 5.91 Å². The van der Waals surface area contributed by atoms with Gasteiger partial charge < -0.3 is 10.0 Å². The lowest BCUT2D eigenvalue weighted by Crippen LogP contribution is -2.44. The van der Waals surface area contributed by atoms with Gasteiger partial charge in [0.25, 0.3) is 0 Å². The minimum absolute atomic E-state index is 0.260. The van der Waals surface area contributed by atoms with Crippen LogP contribution >= 0.6 is 0 Å². The van der Waals surface area contributed by atoms with Crippen molar-refractivity contribution >= 4 is 5.91 Å². The van der Waals surface area contributed by atoms with Gasteiger partial charge in [0.1, 0.15) is 0 Å². The first-order valence-corrected chi connectivity index (χ1v) is 7.83. The monoisotopic (exact) mass is 268 g/mol. The molecule has 2 aliphatic rings. The summed E-state index contributed by atoms with van der Waals surface area (Å²) in [6.45, 7) is 5.96. The SMILES string of the molecule is CC1CCN(C(=O)CN(CCCCO)C2CC2)CC1. The Labute approximate surface area is 116 Å². The zero-order chi connectivity index (χ0) is 13.7. The Balaban J connectivity index is 1.74. The van der Waals surface area contributed by atoms with E-state index < -0.39 is 0 Å². The lowest BCUT2D eigenvalue weighted by atomic mass is 9.99. The number of aliphatic hydroxyl groups excluding tert-OH is 1. The summed E-state index contributed by atoms with van der Waals surface area (Å²) in [5.41, 5.74) is 0. The Bertz CT molecular complexity index is 284. The second kappa shape index (κ2) is 7.25. The van der Waals surface area contributed by atoms with Crippen LogP contribution in [0.15, 0.2) is 0 Å². The first kappa shape index (κ1) is 14.8. The van der Waals surface area contributed by atoms with E-state index in [1.54, 1.807) is 0 Å². The summed E-state index contributed by atoms with van der Waals surface area (Å²) < 4.78 is 0. The number of carbonyl (C=O) groups excluding carboxylic acids is 1. The third-order valence-corrected chi connectivity index (χ3v) is 4.39. The molecule has 19 heavy (non-hydrogen) atoms. The second-order valence-corrected chi connectivity index (χ2v) is 6.20. The number of likely N-dealkylation sites (tertiary alicyclic amines) is 1. The van der Waals surface area contributed by atoms with Crippen LogP contribution in [0.2, 0.25) is 0 Å². The van der Waals surface area contributed by atoms with Crippen LogP contribution in [0.1, 0.15) is 45.4 Å². The Morgan fingerprint density at radius 2 is 1.89 bits per heavy atom. The van der Waals surface area contributed by atoms with Crippen molar-refractivity contribution in [2.24, 2.45) is 5.92 Å². The predicted octanol–water partition coefficient (Wildman–Crippen LogP) is 1.48. The zero-order valence-corrected chi connectivity index (χ0v) is 12.2. The van der Waals surface area contributed by atoms with E-state index in [2.05, 4.69) is 11.8 Å². The zero-order valence-electron chi connectivity index (χ0n) is 12.2. The van der Waals surface area contributed by atoms with Gasteiger partial charge in [0, 0.05) is 25.7 Å². The quantitative estimate of drug-likeness (QED) is 0.711. The molecule has 1 N–H and O–H groups in total. The van der Waals surface area contributed by atoms with E-state index in [1.807, 2.05) is 4.90 Å². The van der Waals surface area contributed by atoms with Gasteiger partial charge in [-0.15, -0.1) is 0 Å². The average molecular weight is 268 g/mol. The molecule has 1 aliphatic heterocycles. The molecule has 0 unspecified atom stereocenters. The molecule has 1 saturated carbocycles. The van der Waals surface area contributed by atoms with Gasteiger partial charge in [0.05, 0.1) is 6.54 Å². The molecule has 2 fully saturated rings. The molecule has 0 aromatic rings. The van der Waals surface area contributed by atoms with E-state index in [-0.39, 0.29) is 6.61 Å². The molecule has 0 aromatic carbocycles. The first-order chi connectivity index (χ1) is 9.20. The van der Waals surface area contributed by atoms with Crippen molar-refractivity contribution in [2.45, 2.75) is 51.5 Å². The van der Waals surface area contributed by atoms with Gasteiger partial charge >= 0.3 is 0 Å². The van der Waals surface area contributed by atoms with Crippen molar-refractivity contribution in [3.8, 4) is 0 Å². The number of piperidine rings is 1. The van der Waals surface area contributed by atoms with Gasteiger partial charge in [-0.2, -0.15) is 0 Å². The molecular formula is C15H28N2O2. The number of aliphatic hydroxyl groups is 1. The molecule has 0 bridgehead atoms. The van der Waals surface area contributed by atoms with Crippen LogP contribution in [0, 0.1) is 5.92 Å². The number of amides is 1. The summed E-state index contributed by atoms with van der Waals surface area (Å²) in [4.78, 5) is 16.7. The van der Waals surface area contributed by atoms with Crippen LogP contribution in [-0.2, 0) is 4.79 Å². The molecule has 1 saturated heterocycles. The highest BCUT2D eigenvalue weighted by atomic mass is 16.2. The summed E-state index contributed by atoms with van der Waals surface area (Å²) in [5, 5.41) is 8.85. The summed E-state index contributed by atoms with van der Waals surface area (Å²) in [7, 11) is 0. The maximum atomic E-state index is 12.3. The maximum absolute atomic E-state index is 12.3. The van der Waals surface area contributed by atoms with E-state index in [0.717, 1.165) is 51.2 Å². The van der Waals surface area contributed by atoms with Crippen molar-refractivity contribution in [1.82, 2.24) is 9.80 Å². The van der Waals surface area contributed by atoms with Crippen LogP contribution in [0.5, 0.6) is 0 Å². The van der Waals surface area contributed by atoms with Crippen LogP contribution in [-0.4, -0.2) is 59.6 Å². The van der Waals surface area contributed by atoms with E-state index in [0.29, 0.717) is 18.5 Å². The molecule has 0 radical (unpaired) electrons. The van der Waals surface area contributed by atoms with Crippen molar-refractivity contribution in [1.29, 1.82) is 0 Å². The van der Waals surface area contributed by atoms with Crippen LogP contribution in [0.3, 0.4) is 0 Å². The first-order valence-electron chi connectivity index (χ1n) is 7.83. The number of hydrogen-bond donors (Lipinski definition) is 1. The fraction of sp³-hybridized carbons (Fsp3) is 0.933. The minimum Gasteiger partial charge on any atom is -0.396 e. The molecule has 1 heterocycles. The Hall–Kier alpha value is -0.610. The van der Waals surface area contributed by atoms with Crippen molar-refractivity contribution in [2.75, 3.05) is 32.8 Å². The van der Waals surface area contributed by atoms with Gasteiger partial charge in [0.15, 0.2) is 0 Å². The molecule has 1 amide bonds. The number of unbranched alkanes of at least 4 members (excludes halogenated alkanes) is 1. The lowest BCUT2D eigenvalue weighted by Gasteiger charge is -2.32. The molecular weight excluding hydrogens is 240 g/mol. The Kier molecular flexibility index (Phi) is 5.64. The third kappa shape index (κ3) is 4.77. The number of carbonyl (C=O) groups is 1. The largest absolute Gasteiger partial charge is 0.396 e.